The number of carbonyl (C=O) groups is 2. The molecule has 2 amide bonds. The predicted molar refractivity (Wildman–Crippen MR) is 57.9 cm³/mol. The normalized spacial score (nSPS) is 19.4. The Kier molecular flexibility index (Phi) is 2.72. The number of hydrogen-bond donors (Lipinski definition) is 0. The highest BCUT2D eigenvalue weighted by Crippen LogP contribution is 2.16. The number of amides is 2. The van der Waals surface area contributed by atoms with Crippen molar-refractivity contribution >= 4 is 12.0 Å². The van der Waals surface area contributed by atoms with E-state index in [0.29, 0.717) is 5.56 Å². The zero-order chi connectivity index (χ0) is 11.5. The van der Waals surface area contributed by atoms with Crippen molar-refractivity contribution in [2.75, 3.05) is 6.61 Å². The molecule has 0 unspecified atom stereocenters. The van der Waals surface area contributed by atoms with Crippen molar-refractivity contribution in [1.29, 1.82) is 0 Å². The van der Waals surface area contributed by atoms with Gasteiger partial charge in [0.05, 0.1) is 6.04 Å². The van der Waals surface area contributed by atoms with E-state index in [1.54, 1.807) is 24.3 Å². The van der Waals surface area contributed by atoms with E-state index in [4.69, 9.17) is 4.74 Å². The van der Waals surface area contributed by atoms with E-state index >= 15 is 0 Å². The molecule has 2 rings (SSSR count). The fraction of sp³-hybridized carbons (Fsp3) is 0.167. The van der Waals surface area contributed by atoms with Gasteiger partial charge >= 0.3 is 6.09 Å². The minimum absolute atomic E-state index is 0.181. The van der Waals surface area contributed by atoms with Crippen LogP contribution in [0, 0.1) is 0 Å². The summed E-state index contributed by atoms with van der Waals surface area (Å²) in [5.74, 6) is -0.354. The van der Waals surface area contributed by atoms with Crippen LogP contribution in [-0.2, 0) is 4.74 Å². The topological polar surface area (TPSA) is 46.6 Å². The number of rotatable bonds is 2. The third kappa shape index (κ3) is 1.69. The van der Waals surface area contributed by atoms with Crippen molar-refractivity contribution in [1.82, 2.24) is 4.90 Å². The fourth-order valence-electron chi connectivity index (χ4n) is 1.56. The van der Waals surface area contributed by atoms with Gasteiger partial charge in [0, 0.05) is 5.56 Å². The predicted octanol–water partition coefficient (Wildman–Crippen LogP) is 1.83. The lowest BCUT2D eigenvalue weighted by molar-refractivity contribution is 0.0790. The van der Waals surface area contributed by atoms with Crippen molar-refractivity contribution in [2.45, 2.75) is 6.04 Å². The lowest BCUT2D eigenvalue weighted by Crippen LogP contribution is -2.37. The van der Waals surface area contributed by atoms with E-state index < -0.39 is 6.09 Å². The Hall–Kier alpha value is -2.10. The highest BCUT2D eigenvalue weighted by Gasteiger charge is 2.36. The Morgan fingerprint density at radius 1 is 1.44 bits per heavy atom. The molecule has 1 fully saturated rings. The SMILES string of the molecule is C=C[C@H]1COC(=O)N1C(=O)c1ccccc1. The summed E-state index contributed by atoms with van der Waals surface area (Å²) in [6, 6.07) is 8.25. The van der Waals surface area contributed by atoms with Gasteiger partial charge in [0.2, 0.25) is 0 Å². The minimum atomic E-state index is -0.612. The number of cyclic esters (lactones) is 1. The smallest absolute Gasteiger partial charge is 0.417 e. The lowest BCUT2D eigenvalue weighted by Gasteiger charge is -2.16. The molecule has 4 heteroatoms. The molecule has 0 N–H and O–H groups in total. The lowest BCUT2D eigenvalue weighted by atomic mass is 10.2. The van der Waals surface area contributed by atoms with Gasteiger partial charge in [-0.25, -0.2) is 9.69 Å². The van der Waals surface area contributed by atoms with Crippen LogP contribution in [0.2, 0.25) is 0 Å². The number of imide groups is 1. The molecule has 0 aliphatic carbocycles. The highest BCUT2D eigenvalue weighted by atomic mass is 16.6. The zero-order valence-electron chi connectivity index (χ0n) is 8.63. The molecule has 1 saturated heterocycles. The summed E-state index contributed by atoms with van der Waals surface area (Å²) in [6.45, 7) is 3.76. The largest absolute Gasteiger partial charge is 0.447 e. The summed E-state index contributed by atoms with van der Waals surface area (Å²) < 4.78 is 4.81. The summed E-state index contributed by atoms with van der Waals surface area (Å²) in [5.41, 5.74) is 0.466. The molecular weight excluding hydrogens is 206 g/mol. The second-order valence-electron chi connectivity index (χ2n) is 3.42. The van der Waals surface area contributed by atoms with Crippen LogP contribution in [0.3, 0.4) is 0 Å². The Morgan fingerprint density at radius 3 is 2.75 bits per heavy atom. The summed E-state index contributed by atoms with van der Waals surface area (Å²) in [6.07, 6.45) is 0.921. The van der Waals surface area contributed by atoms with Crippen molar-refractivity contribution < 1.29 is 14.3 Å². The number of hydrogen-bond acceptors (Lipinski definition) is 3. The van der Waals surface area contributed by atoms with Gasteiger partial charge in [-0.3, -0.25) is 4.79 Å². The average Bonchev–Trinajstić information content (AvgIpc) is 2.70. The van der Waals surface area contributed by atoms with Gasteiger partial charge < -0.3 is 4.74 Å². The third-order valence-corrected chi connectivity index (χ3v) is 2.42. The van der Waals surface area contributed by atoms with Gasteiger partial charge in [-0.1, -0.05) is 24.3 Å². The maximum Gasteiger partial charge on any atom is 0.417 e. The first kappa shape index (κ1) is 10.4. The minimum Gasteiger partial charge on any atom is -0.447 e. The van der Waals surface area contributed by atoms with Crippen LogP contribution in [0.4, 0.5) is 4.79 Å². The van der Waals surface area contributed by atoms with Gasteiger partial charge in [-0.15, -0.1) is 6.58 Å². The van der Waals surface area contributed by atoms with Crippen molar-refractivity contribution in [2.24, 2.45) is 0 Å². The van der Waals surface area contributed by atoms with Gasteiger partial charge in [-0.05, 0) is 12.1 Å². The molecule has 1 aliphatic rings. The molecule has 0 saturated carbocycles. The van der Waals surface area contributed by atoms with Crippen LogP contribution >= 0.6 is 0 Å². The van der Waals surface area contributed by atoms with Crippen LogP contribution in [0.5, 0.6) is 0 Å². The van der Waals surface area contributed by atoms with Crippen LogP contribution in [0.1, 0.15) is 10.4 Å². The first-order chi connectivity index (χ1) is 7.74. The molecule has 4 nitrogen and oxygen atoms in total. The number of ether oxygens (including phenoxy) is 1. The first-order valence-corrected chi connectivity index (χ1v) is 4.92. The van der Waals surface area contributed by atoms with Crippen molar-refractivity contribution in [3.05, 3.63) is 48.6 Å². The molecule has 0 spiro atoms. The number of benzene rings is 1. The quantitative estimate of drug-likeness (QED) is 0.710. The average molecular weight is 217 g/mol. The maximum atomic E-state index is 12.0. The molecule has 82 valence electrons. The Bertz CT molecular complexity index is 427. The van der Waals surface area contributed by atoms with Gasteiger partial charge in [0.25, 0.3) is 5.91 Å². The molecule has 1 aromatic rings. The first-order valence-electron chi connectivity index (χ1n) is 4.92. The highest BCUT2D eigenvalue weighted by molar-refractivity contribution is 6.04. The van der Waals surface area contributed by atoms with E-state index in [-0.39, 0.29) is 18.6 Å². The molecule has 0 bridgehead atoms. The molecular formula is C12H11NO3. The Morgan fingerprint density at radius 2 is 2.12 bits per heavy atom. The van der Waals surface area contributed by atoms with Crippen molar-refractivity contribution in [3.8, 4) is 0 Å². The van der Waals surface area contributed by atoms with Crippen LogP contribution in [0.15, 0.2) is 43.0 Å². The summed E-state index contributed by atoms with van der Waals surface area (Å²) >= 11 is 0. The molecule has 16 heavy (non-hydrogen) atoms. The second kappa shape index (κ2) is 4.18. The number of carbonyl (C=O) groups excluding carboxylic acids is 2. The molecule has 1 aromatic carbocycles. The Labute approximate surface area is 93.1 Å². The van der Waals surface area contributed by atoms with Crippen LogP contribution in [-0.4, -0.2) is 29.5 Å². The number of nitrogens with zero attached hydrogens (tertiary/aromatic N) is 1. The van der Waals surface area contributed by atoms with Crippen LogP contribution < -0.4 is 0 Å². The standard InChI is InChI=1S/C12H11NO3/c1-2-10-8-16-12(15)13(10)11(14)9-6-4-3-5-7-9/h2-7,10H,1,8H2/t10-/m0/s1. The molecule has 1 aliphatic heterocycles. The Balaban J connectivity index is 2.27. The summed E-state index contributed by atoms with van der Waals surface area (Å²) in [7, 11) is 0. The van der Waals surface area contributed by atoms with E-state index in [1.165, 1.54) is 6.08 Å². The molecule has 0 aromatic heterocycles. The monoisotopic (exact) mass is 217 g/mol. The van der Waals surface area contributed by atoms with Gasteiger partial charge in [0.15, 0.2) is 0 Å². The van der Waals surface area contributed by atoms with E-state index in [2.05, 4.69) is 6.58 Å². The fourth-order valence-corrected chi connectivity index (χ4v) is 1.56. The van der Waals surface area contributed by atoms with E-state index in [9.17, 15) is 9.59 Å². The summed E-state index contributed by atoms with van der Waals surface area (Å²) in [5, 5.41) is 0. The maximum absolute atomic E-state index is 12.0. The third-order valence-electron chi connectivity index (χ3n) is 2.42. The molecule has 1 heterocycles. The van der Waals surface area contributed by atoms with Crippen molar-refractivity contribution in [3.63, 3.8) is 0 Å². The van der Waals surface area contributed by atoms with Crippen LogP contribution in [0.25, 0.3) is 0 Å². The van der Waals surface area contributed by atoms with E-state index in [0.717, 1.165) is 4.90 Å². The van der Waals surface area contributed by atoms with E-state index in [1.807, 2.05) is 6.07 Å². The van der Waals surface area contributed by atoms with Gasteiger partial charge in [0.1, 0.15) is 6.61 Å². The molecule has 0 radical (unpaired) electrons. The summed E-state index contributed by atoms with van der Waals surface area (Å²) in [4.78, 5) is 24.5. The zero-order valence-corrected chi connectivity index (χ0v) is 8.63. The van der Waals surface area contributed by atoms with Gasteiger partial charge in [-0.2, -0.15) is 0 Å². The molecule has 1 atom stereocenters. The second-order valence-corrected chi connectivity index (χ2v) is 3.42.